The van der Waals surface area contributed by atoms with Gasteiger partial charge in [-0.05, 0) is 77.0 Å². The van der Waals surface area contributed by atoms with Gasteiger partial charge in [0.15, 0.2) is 6.10 Å². The molecule has 0 saturated carbocycles. The molecule has 1 unspecified atom stereocenters. The van der Waals surface area contributed by atoms with Gasteiger partial charge < -0.3 is 14.2 Å². The third kappa shape index (κ3) is 36.9. The van der Waals surface area contributed by atoms with E-state index in [1.807, 2.05) is 0 Å². The summed E-state index contributed by atoms with van der Waals surface area (Å²) in [6.07, 6.45) is 42.7. The normalized spacial score (nSPS) is 12.3. The van der Waals surface area contributed by atoms with E-state index in [4.69, 9.17) is 14.2 Å². The molecule has 0 radical (unpaired) electrons. The number of carbonyl (C=O) groups excluding carboxylic acids is 3. The third-order valence-electron chi connectivity index (χ3n) is 8.82. The predicted octanol–water partition coefficient (Wildman–Crippen LogP) is 13.0. The Balaban J connectivity index is 4.41. The number of esters is 3. The molecule has 0 saturated heterocycles. The molecular formula is C44H78O6. The lowest BCUT2D eigenvalue weighted by atomic mass is 10.1. The second kappa shape index (κ2) is 39.4. The van der Waals surface area contributed by atoms with Gasteiger partial charge in [0.05, 0.1) is 0 Å². The number of ether oxygens (including phenoxy) is 3. The molecule has 290 valence electrons. The Bertz CT molecular complexity index is 861. The molecule has 6 heteroatoms. The van der Waals surface area contributed by atoms with E-state index in [1.54, 1.807) is 0 Å². The summed E-state index contributed by atoms with van der Waals surface area (Å²) < 4.78 is 16.6. The Morgan fingerprint density at radius 3 is 1.08 bits per heavy atom. The molecule has 0 bridgehead atoms. The van der Waals surface area contributed by atoms with Crippen molar-refractivity contribution in [3.8, 4) is 0 Å². The zero-order valence-corrected chi connectivity index (χ0v) is 32.9. The van der Waals surface area contributed by atoms with Gasteiger partial charge in [0.1, 0.15) is 13.2 Å². The number of allylic oxidation sites excluding steroid dienone is 6. The molecule has 0 N–H and O–H groups in total. The maximum Gasteiger partial charge on any atom is 0.306 e. The number of unbranched alkanes of at least 4 members (excludes halogenated alkanes) is 20. The van der Waals surface area contributed by atoms with Gasteiger partial charge in [-0.15, -0.1) is 0 Å². The zero-order chi connectivity index (χ0) is 36.6. The number of hydrogen-bond acceptors (Lipinski definition) is 6. The lowest BCUT2D eigenvalue weighted by Gasteiger charge is -2.18. The van der Waals surface area contributed by atoms with Gasteiger partial charge in [-0.2, -0.15) is 0 Å². The lowest BCUT2D eigenvalue weighted by molar-refractivity contribution is -0.167. The summed E-state index contributed by atoms with van der Waals surface area (Å²) in [7, 11) is 0. The van der Waals surface area contributed by atoms with Crippen LogP contribution in [0.4, 0.5) is 0 Å². The topological polar surface area (TPSA) is 78.9 Å². The van der Waals surface area contributed by atoms with Crippen LogP contribution in [0.15, 0.2) is 36.5 Å². The van der Waals surface area contributed by atoms with Gasteiger partial charge in [0.25, 0.3) is 0 Å². The maximum absolute atomic E-state index is 12.6. The molecule has 0 aliphatic heterocycles. The molecule has 0 fully saturated rings. The first-order valence-electron chi connectivity index (χ1n) is 21.0. The highest BCUT2D eigenvalue weighted by molar-refractivity contribution is 5.71. The summed E-state index contributed by atoms with van der Waals surface area (Å²) in [6.45, 7) is 6.45. The van der Waals surface area contributed by atoms with E-state index in [0.717, 1.165) is 89.9 Å². The minimum atomic E-state index is -0.777. The number of rotatable bonds is 37. The molecule has 0 aromatic carbocycles. The standard InChI is InChI=1S/C44H78O6/c1-4-7-10-13-16-19-22-25-28-31-34-37-43(46)49-40-41(39-48-42(45)36-33-30-27-24-21-18-15-12-9-6-3)50-44(47)38-35-32-29-26-23-20-17-14-11-8-5-2/h12-17,41H,4-11,18-40H2,1-3H3/b15-12-,16-13-,17-14-. The van der Waals surface area contributed by atoms with Crippen LogP contribution in [0.2, 0.25) is 0 Å². The predicted molar refractivity (Wildman–Crippen MR) is 210 cm³/mol. The van der Waals surface area contributed by atoms with E-state index in [2.05, 4.69) is 57.2 Å². The van der Waals surface area contributed by atoms with Gasteiger partial charge in [0.2, 0.25) is 0 Å². The first-order chi connectivity index (χ1) is 24.5. The summed E-state index contributed by atoms with van der Waals surface area (Å²) in [4.78, 5) is 37.5. The van der Waals surface area contributed by atoms with Crippen LogP contribution >= 0.6 is 0 Å². The van der Waals surface area contributed by atoms with Crippen molar-refractivity contribution in [2.24, 2.45) is 0 Å². The maximum atomic E-state index is 12.6. The van der Waals surface area contributed by atoms with Crippen molar-refractivity contribution in [1.82, 2.24) is 0 Å². The molecule has 0 rings (SSSR count). The molecular weight excluding hydrogens is 624 g/mol. The Morgan fingerprint density at radius 1 is 0.380 bits per heavy atom. The average molecular weight is 703 g/mol. The average Bonchev–Trinajstić information content (AvgIpc) is 3.11. The van der Waals surface area contributed by atoms with E-state index < -0.39 is 6.10 Å². The smallest absolute Gasteiger partial charge is 0.306 e. The van der Waals surface area contributed by atoms with Gasteiger partial charge >= 0.3 is 17.9 Å². The molecule has 0 aliphatic carbocycles. The summed E-state index contributed by atoms with van der Waals surface area (Å²) in [5, 5.41) is 0. The Kier molecular flexibility index (Phi) is 37.5. The molecule has 0 spiro atoms. The van der Waals surface area contributed by atoms with E-state index >= 15 is 0 Å². The number of hydrogen-bond donors (Lipinski definition) is 0. The first kappa shape index (κ1) is 47.6. The van der Waals surface area contributed by atoms with Crippen LogP contribution < -0.4 is 0 Å². The van der Waals surface area contributed by atoms with Gasteiger partial charge in [0, 0.05) is 19.3 Å². The minimum absolute atomic E-state index is 0.0826. The second-order valence-electron chi connectivity index (χ2n) is 13.9. The van der Waals surface area contributed by atoms with Crippen molar-refractivity contribution < 1.29 is 28.6 Å². The molecule has 0 aromatic rings. The highest BCUT2D eigenvalue weighted by atomic mass is 16.6. The van der Waals surface area contributed by atoms with E-state index in [0.29, 0.717) is 19.3 Å². The fraction of sp³-hybridized carbons (Fsp3) is 0.795. The fourth-order valence-electron chi connectivity index (χ4n) is 5.58. The van der Waals surface area contributed by atoms with Gasteiger partial charge in [-0.1, -0.05) is 147 Å². The van der Waals surface area contributed by atoms with Crippen LogP contribution in [0.5, 0.6) is 0 Å². The SMILES string of the molecule is CCC/C=C\CCCCCCCC(=O)OCC(COC(=O)CCCCCCC/C=C\CCCC)OC(=O)CCCCCCC/C=C\CCCC. The quantitative estimate of drug-likeness (QED) is 0.0277. The summed E-state index contributed by atoms with van der Waals surface area (Å²) >= 11 is 0. The molecule has 0 aromatic heterocycles. The van der Waals surface area contributed by atoms with Crippen molar-refractivity contribution >= 4 is 17.9 Å². The van der Waals surface area contributed by atoms with E-state index in [-0.39, 0.29) is 31.1 Å². The fourth-order valence-corrected chi connectivity index (χ4v) is 5.58. The molecule has 50 heavy (non-hydrogen) atoms. The van der Waals surface area contributed by atoms with Gasteiger partial charge in [-0.25, -0.2) is 0 Å². The second-order valence-corrected chi connectivity index (χ2v) is 13.9. The van der Waals surface area contributed by atoms with Crippen molar-refractivity contribution in [1.29, 1.82) is 0 Å². The zero-order valence-electron chi connectivity index (χ0n) is 32.9. The van der Waals surface area contributed by atoms with Crippen LogP contribution in [-0.4, -0.2) is 37.2 Å². The van der Waals surface area contributed by atoms with Crippen molar-refractivity contribution in [2.75, 3.05) is 13.2 Å². The van der Waals surface area contributed by atoms with E-state index in [9.17, 15) is 14.4 Å². The highest BCUT2D eigenvalue weighted by Gasteiger charge is 2.19. The molecule has 0 heterocycles. The molecule has 0 amide bonds. The van der Waals surface area contributed by atoms with Crippen molar-refractivity contribution in [3.63, 3.8) is 0 Å². The van der Waals surface area contributed by atoms with Crippen LogP contribution in [0.3, 0.4) is 0 Å². The van der Waals surface area contributed by atoms with E-state index in [1.165, 1.54) is 77.0 Å². The highest BCUT2D eigenvalue weighted by Crippen LogP contribution is 2.13. The monoisotopic (exact) mass is 703 g/mol. The summed E-state index contributed by atoms with van der Waals surface area (Å²) in [5.74, 6) is -0.917. The molecule has 6 nitrogen and oxygen atoms in total. The van der Waals surface area contributed by atoms with Gasteiger partial charge in [-0.3, -0.25) is 14.4 Å². The van der Waals surface area contributed by atoms with Crippen molar-refractivity contribution in [2.45, 2.75) is 213 Å². The molecule has 0 aliphatic rings. The van der Waals surface area contributed by atoms with Crippen LogP contribution in [0, 0.1) is 0 Å². The Hall–Kier alpha value is -2.37. The Morgan fingerprint density at radius 2 is 0.700 bits per heavy atom. The Labute approximate surface area is 308 Å². The minimum Gasteiger partial charge on any atom is -0.462 e. The third-order valence-corrected chi connectivity index (χ3v) is 8.82. The largest absolute Gasteiger partial charge is 0.462 e. The van der Waals surface area contributed by atoms with Crippen LogP contribution in [0.1, 0.15) is 207 Å². The molecule has 1 atom stereocenters. The van der Waals surface area contributed by atoms with Crippen LogP contribution in [-0.2, 0) is 28.6 Å². The lowest BCUT2D eigenvalue weighted by Crippen LogP contribution is -2.30. The van der Waals surface area contributed by atoms with Crippen LogP contribution in [0.25, 0.3) is 0 Å². The first-order valence-corrected chi connectivity index (χ1v) is 21.0. The van der Waals surface area contributed by atoms with Crippen molar-refractivity contribution in [3.05, 3.63) is 36.5 Å². The number of carbonyl (C=O) groups is 3. The summed E-state index contributed by atoms with van der Waals surface area (Å²) in [6, 6.07) is 0. The summed E-state index contributed by atoms with van der Waals surface area (Å²) in [5.41, 5.74) is 0.